The van der Waals surface area contributed by atoms with Crippen molar-refractivity contribution < 1.29 is 4.39 Å². The summed E-state index contributed by atoms with van der Waals surface area (Å²) in [6, 6.07) is 6.67. The summed E-state index contributed by atoms with van der Waals surface area (Å²) in [6.45, 7) is 3.28. The van der Waals surface area contributed by atoms with E-state index in [2.05, 4.69) is 10.00 Å². The summed E-state index contributed by atoms with van der Waals surface area (Å²) < 4.78 is 14.8. The smallest absolute Gasteiger partial charge is 0.123 e. The number of hydrogen-bond acceptors (Lipinski definition) is 3. The van der Waals surface area contributed by atoms with E-state index >= 15 is 0 Å². The standard InChI is InChI=1S/C15H21FN4/c1-11-14(9-18-20(11)3)15(8-17)19(2)10-12-4-6-13(16)7-5-12/h4-7,9,15H,8,10,17H2,1-3H3. The average molecular weight is 276 g/mol. The molecule has 0 amide bonds. The van der Waals surface area contributed by atoms with Gasteiger partial charge in [-0.1, -0.05) is 12.1 Å². The number of halogens is 1. The summed E-state index contributed by atoms with van der Waals surface area (Å²) in [4.78, 5) is 2.16. The Kier molecular flexibility index (Phi) is 4.52. The molecule has 2 rings (SSSR count). The first-order valence-corrected chi connectivity index (χ1v) is 6.66. The zero-order chi connectivity index (χ0) is 14.7. The summed E-state index contributed by atoms with van der Waals surface area (Å²) in [7, 11) is 3.94. The van der Waals surface area contributed by atoms with Crippen LogP contribution in [0.5, 0.6) is 0 Å². The molecule has 4 nitrogen and oxygen atoms in total. The van der Waals surface area contributed by atoms with Crippen LogP contribution in [0, 0.1) is 12.7 Å². The van der Waals surface area contributed by atoms with Gasteiger partial charge in [0.05, 0.1) is 12.2 Å². The van der Waals surface area contributed by atoms with Crippen LogP contribution in [0.4, 0.5) is 4.39 Å². The fourth-order valence-corrected chi connectivity index (χ4v) is 2.38. The normalized spacial score (nSPS) is 12.9. The molecule has 0 fully saturated rings. The lowest BCUT2D eigenvalue weighted by Crippen LogP contribution is -2.30. The first-order valence-electron chi connectivity index (χ1n) is 6.66. The molecule has 0 aliphatic rings. The molecule has 2 N–H and O–H groups in total. The van der Waals surface area contributed by atoms with Crippen LogP contribution in [0.25, 0.3) is 0 Å². The van der Waals surface area contributed by atoms with Crippen molar-refractivity contribution in [3.8, 4) is 0 Å². The highest BCUT2D eigenvalue weighted by molar-refractivity contribution is 5.22. The number of aromatic nitrogens is 2. The molecule has 0 aliphatic carbocycles. The largest absolute Gasteiger partial charge is 0.329 e. The third kappa shape index (κ3) is 3.05. The number of hydrogen-bond donors (Lipinski definition) is 1. The predicted octanol–water partition coefficient (Wildman–Crippen LogP) is 2.00. The Hall–Kier alpha value is -1.72. The number of aryl methyl sites for hydroxylation is 1. The highest BCUT2D eigenvalue weighted by atomic mass is 19.1. The lowest BCUT2D eigenvalue weighted by Gasteiger charge is -2.27. The summed E-state index contributed by atoms with van der Waals surface area (Å²) in [5.74, 6) is -0.213. The molecule has 1 aromatic carbocycles. The quantitative estimate of drug-likeness (QED) is 0.908. The van der Waals surface area contributed by atoms with Gasteiger partial charge in [-0.3, -0.25) is 9.58 Å². The summed E-state index contributed by atoms with van der Waals surface area (Å²) in [5, 5.41) is 4.27. The molecule has 0 bridgehead atoms. The van der Waals surface area contributed by atoms with Crippen LogP contribution in [0.1, 0.15) is 22.9 Å². The van der Waals surface area contributed by atoms with Gasteiger partial charge < -0.3 is 5.73 Å². The molecule has 1 unspecified atom stereocenters. The number of benzene rings is 1. The SMILES string of the molecule is Cc1c(C(CN)N(C)Cc2ccc(F)cc2)cnn1C. The van der Waals surface area contributed by atoms with Gasteiger partial charge in [-0.15, -0.1) is 0 Å². The molecule has 20 heavy (non-hydrogen) atoms. The minimum absolute atomic E-state index is 0.105. The van der Waals surface area contributed by atoms with Crippen molar-refractivity contribution in [2.75, 3.05) is 13.6 Å². The molecule has 1 aromatic heterocycles. The maximum absolute atomic E-state index is 12.9. The molecule has 5 heteroatoms. The maximum atomic E-state index is 12.9. The predicted molar refractivity (Wildman–Crippen MR) is 77.6 cm³/mol. The Balaban J connectivity index is 2.15. The van der Waals surface area contributed by atoms with Gasteiger partial charge in [0.15, 0.2) is 0 Å². The van der Waals surface area contributed by atoms with Gasteiger partial charge in [0.25, 0.3) is 0 Å². The summed E-state index contributed by atoms with van der Waals surface area (Å²) >= 11 is 0. The van der Waals surface area contributed by atoms with Crippen LogP contribution in [-0.2, 0) is 13.6 Å². The second kappa shape index (κ2) is 6.15. The van der Waals surface area contributed by atoms with Crippen molar-refractivity contribution >= 4 is 0 Å². The van der Waals surface area contributed by atoms with Gasteiger partial charge >= 0.3 is 0 Å². The second-order valence-corrected chi connectivity index (χ2v) is 5.10. The Morgan fingerprint density at radius 1 is 1.35 bits per heavy atom. The van der Waals surface area contributed by atoms with E-state index in [0.717, 1.165) is 23.4 Å². The lowest BCUT2D eigenvalue weighted by atomic mass is 10.1. The van der Waals surface area contributed by atoms with Gasteiger partial charge in [-0.05, 0) is 31.7 Å². The fraction of sp³-hybridized carbons (Fsp3) is 0.400. The molecule has 0 spiro atoms. The van der Waals surface area contributed by atoms with Crippen molar-refractivity contribution in [2.24, 2.45) is 12.8 Å². The van der Waals surface area contributed by atoms with E-state index in [4.69, 9.17) is 5.73 Å². The van der Waals surface area contributed by atoms with Crippen LogP contribution >= 0.6 is 0 Å². The van der Waals surface area contributed by atoms with Crippen molar-refractivity contribution in [1.29, 1.82) is 0 Å². The molecule has 1 heterocycles. The number of nitrogens with zero attached hydrogens (tertiary/aromatic N) is 3. The fourth-order valence-electron chi connectivity index (χ4n) is 2.38. The molecule has 0 radical (unpaired) electrons. The van der Waals surface area contributed by atoms with E-state index in [-0.39, 0.29) is 11.9 Å². The van der Waals surface area contributed by atoms with Crippen molar-refractivity contribution in [2.45, 2.75) is 19.5 Å². The van der Waals surface area contributed by atoms with Crippen LogP contribution in [0.3, 0.4) is 0 Å². The van der Waals surface area contributed by atoms with Gasteiger partial charge in [-0.25, -0.2) is 4.39 Å². The lowest BCUT2D eigenvalue weighted by molar-refractivity contribution is 0.241. The topological polar surface area (TPSA) is 47.1 Å². The summed E-state index contributed by atoms with van der Waals surface area (Å²) in [5.41, 5.74) is 9.24. The van der Waals surface area contributed by atoms with Crippen LogP contribution in [-0.4, -0.2) is 28.3 Å². The van der Waals surface area contributed by atoms with E-state index in [1.807, 2.05) is 31.9 Å². The minimum Gasteiger partial charge on any atom is -0.329 e. The maximum Gasteiger partial charge on any atom is 0.123 e. The van der Waals surface area contributed by atoms with Crippen LogP contribution < -0.4 is 5.73 Å². The van der Waals surface area contributed by atoms with E-state index in [9.17, 15) is 4.39 Å². The van der Waals surface area contributed by atoms with E-state index < -0.39 is 0 Å². The Labute approximate surface area is 119 Å². The molecule has 0 saturated heterocycles. The number of likely N-dealkylation sites (N-methyl/N-ethyl adjacent to an activating group) is 1. The molecule has 1 atom stereocenters. The van der Waals surface area contributed by atoms with E-state index in [1.165, 1.54) is 12.1 Å². The molecular weight excluding hydrogens is 255 g/mol. The van der Waals surface area contributed by atoms with Crippen LogP contribution in [0.15, 0.2) is 30.5 Å². The van der Waals surface area contributed by atoms with Gasteiger partial charge in [0.1, 0.15) is 5.82 Å². The number of rotatable bonds is 5. The highest BCUT2D eigenvalue weighted by Crippen LogP contribution is 2.23. The first kappa shape index (κ1) is 14.7. The van der Waals surface area contributed by atoms with Gasteiger partial charge in [0.2, 0.25) is 0 Å². The molecule has 108 valence electrons. The van der Waals surface area contributed by atoms with Gasteiger partial charge in [0, 0.05) is 31.4 Å². The average Bonchev–Trinajstić information content (AvgIpc) is 2.75. The highest BCUT2D eigenvalue weighted by Gasteiger charge is 2.19. The Morgan fingerprint density at radius 2 is 2.00 bits per heavy atom. The van der Waals surface area contributed by atoms with E-state index in [1.54, 1.807) is 12.1 Å². The monoisotopic (exact) mass is 276 g/mol. The molecule has 0 saturated carbocycles. The molecule has 0 aliphatic heterocycles. The summed E-state index contributed by atoms with van der Waals surface area (Å²) in [6.07, 6.45) is 1.87. The van der Waals surface area contributed by atoms with Crippen molar-refractivity contribution in [1.82, 2.24) is 14.7 Å². The third-order valence-corrected chi connectivity index (χ3v) is 3.73. The second-order valence-electron chi connectivity index (χ2n) is 5.10. The third-order valence-electron chi connectivity index (χ3n) is 3.73. The zero-order valence-electron chi connectivity index (χ0n) is 12.2. The zero-order valence-corrected chi connectivity index (χ0v) is 12.2. The van der Waals surface area contributed by atoms with E-state index in [0.29, 0.717) is 6.54 Å². The number of nitrogens with two attached hydrogens (primary N) is 1. The molecule has 2 aromatic rings. The molecular formula is C15H21FN4. The first-order chi connectivity index (χ1) is 9.52. The Bertz CT molecular complexity index is 562. The van der Waals surface area contributed by atoms with Crippen LogP contribution in [0.2, 0.25) is 0 Å². The minimum atomic E-state index is -0.213. The van der Waals surface area contributed by atoms with Gasteiger partial charge in [-0.2, -0.15) is 5.10 Å². The Morgan fingerprint density at radius 3 is 2.50 bits per heavy atom. The van der Waals surface area contributed by atoms with Crippen molar-refractivity contribution in [3.63, 3.8) is 0 Å². The van der Waals surface area contributed by atoms with Crippen molar-refractivity contribution in [3.05, 3.63) is 53.1 Å².